The molecule has 5 nitrogen and oxygen atoms in total. The highest BCUT2D eigenvalue weighted by molar-refractivity contribution is 5.81. The number of rotatable bonds is 5. The summed E-state index contributed by atoms with van der Waals surface area (Å²) in [5.41, 5.74) is 2.42. The number of likely N-dealkylation sites (tertiary alicyclic amines) is 1. The number of aryl methyl sites for hydroxylation is 1. The number of carbonyl (C=O) groups is 2. The molecule has 1 fully saturated rings. The lowest BCUT2D eigenvalue weighted by Crippen LogP contribution is -2.46. The van der Waals surface area contributed by atoms with Crippen molar-refractivity contribution in [2.45, 2.75) is 39.2 Å². The Kier molecular flexibility index (Phi) is 6.39. The number of pyridine rings is 1. The largest absolute Gasteiger partial charge is 0.355 e. The Hall–Kier alpha value is -2.76. The summed E-state index contributed by atoms with van der Waals surface area (Å²) in [5, 5.41) is 2.97. The van der Waals surface area contributed by atoms with E-state index in [-0.39, 0.29) is 29.6 Å². The number of nitrogens with zero attached hydrogens (tertiary/aromatic N) is 2. The molecule has 148 valence electrons. The van der Waals surface area contributed by atoms with Crippen LogP contribution in [-0.2, 0) is 16.0 Å². The van der Waals surface area contributed by atoms with E-state index in [4.69, 9.17) is 0 Å². The van der Waals surface area contributed by atoms with Crippen molar-refractivity contribution in [3.63, 3.8) is 0 Å². The standard InChI is InChI=1S/C22H26FN3O2/c1-15-13-17(6-8-20(15)23)21-9-7-18(14-26(21)16(2)27)22(28)25-12-10-19-5-3-4-11-24-19/h3-6,8,11,13,18,21H,7,9-10,12,14H2,1-2H3,(H,25,28)/t18-,21+/m0/s1. The van der Waals surface area contributed by atoms with Gasteiger partial charge in [0.1, 0.15) is 5.82 Å². The van der Waals surface area contributed by atoms with Crippen LogP contribution >= 0.6 is 0 Å². The van der Waals surface area contributed by atoms with Crippen molar-refractivity contribution < 1.29 is 14.0 Å². The van der Waals surface area contributed by atoms with Crippen LogP contribution in [0, 0.1) is 18.7 Å². The van der Waals surface area contributed by atoms with Gasteiger partial charge in [0.25, 0.3) is 0 Å². The number of halogens is 1. The third-order valence-corrected chi connectivity index (χ3v) is 5.33. The highest BCUT2D eigenvalue weighted by Gasteiger charge is 2.34. The highest BCUT2D eigenvalue weighted by Crippen LogP contribution is 2.34. The minimum atomic E-state index is -0.251. The molecule has 0 radical (unpaired) electrons. The monoisotopic (exact) mass is 383 g/mol. The molecule has 1 N–H and O–H groups in total. The van der Waals surface area contributed by atoms with Crippen molar-refractivity contribution >= 4 is 11.8 Å². The molecule has 0 aliphatic carbocycles. The van der Waals surface area contributed by atoms with Gasteiger partial charge >= 0.3 is 0 Å². The molecule has 0 saturated carbocycles. The Balaban J connectivity index is 1.60. The zero-order valence-corrected chi connectivity index (χ0v) is 16.3. The number of carbonyl (C=O) groups excluding carboxylic acids is 2. The van der Waals surface area contributed by atoms with Gasteiger partial charge in [-0.15, -0.1) is 0 Å². The van der Waals surface area contributed by atoms with E-state index in [0.29, 0.717) is 37.9 Å². The third-order valence-electron chi connectivity index (χ3n) is 5.33. The lowest BCUT2D eigenvalue weighted by molar-refractivity contribution is -0.137. The van der Waals surface area contributed by atoms with E-state index in [0.717, 1.165) is 11.3 Å². The first kappa shape index (κ1) is 20.0. The molecular formula is C22H26FN3O2. The van der Waals surface area contributed by atoms with Crippen LogP contribution in [0.4, 0.5) is 4.39 Å². The lowest BCUT2D eigenvalue weighted by atomic mass is 9.88. The predicted octanol–water partition coefficient (Wildman–Crippen LogP) is 3.19. The molecule has 1 aliphatic heterocycles. The molecular weight excluding hydrogens is 357 g/mol. The van der Waals surface area contributed by atoms with Crippen LogP contribution in [0.3, 0.4) is 0 Å². The average Bonchev–Trinajstić information content (AvgIpc) is 2.70. The first-order valence-corrected chi connectivity index (χ1v) is 9.66. The van der Waals surface area contributed by atoms with Gasteiger partial charge in [0.15, 0.2) is 0 Å². The first-order chi connectivity index (χ1) is 13.5. The maximum absolute atomic E-state index is 13.6. The molecule has 1 saturated heterocycles. The molecule has 28 heavy (non-hydrogen) atoms. The van der Waals surface area contributed by atoms with Crippen molar-refractivity contribution in [3.8, 4) is 0 Å². The molecule has 2 amide bonds. The second kappa shape index (κ2) is 8.95. The molecule has 3 rings (SSSR count). The minimum absolute atomic E-state index is 0.0316. The maximum atomic E-state index is 13.6. The summed E-state index contributed by atoms with van der Waals surface area (Å²) >= 11 is 0. The van der Waals surface area contributed by atoms with E-state index < -0.39 is 0 Å². The fraction of sp³-hybridized carbons (Fsp3) is 0.409. The molecule has 1 aliphatic rings. The van der Waals surface area contributed by atoms with Crippen molar-refractivity contribution in [3.05, 3.63) is 65.2 Å². The summed E-state index contributed by atoms with van der Waals surface area (Å²) in [6.45, 7) is 4.14. The number of benzene rings is 1. The minimum Gasteiger partial charge on any atom is -0.355 e. The van der Waals surface area contributed by atoms with Gasteiger partial charge in [-0.2, -0.15) is 0 Å². The van der Waals surface area contributed by atoms with Gasteiger partial charge in [-0.3, -0.25) is 14.6 Å². The number of nitrogens with one attached hydrogen (secondary N) is 1. The van der Waals surface area contributed by atoms with Crippen LogP contribution in [0.5, 0.6) is 0 Å². The SMILES string of the molecule is CC(=O)N1C[C@@H](C(=O)NCCc2ccccn2)CC[C@@H]1c1ccc(F)c(C)c1. The first-order valence-electron chi connectivity index (χ1n) is 9.66. The van der Waals surface area contributed by atoms with Crippen molar-refractivity contribution in [1.29, 1.82) is 0 Å². The van der Waals surface area contributed by atoms with Gasteiger partial charge < -0.3 is 10.2 Å². The smallest absolute Gasteiger partial charge is 0.224 e. The summed E-state index contributed by atoms with van der Waals surface area (Å²) in [7, 11) is 0. The van der Waals surface area contributed by atoms with Crippen LogP contribution in [-0.4, -0.2) is 34.8 Å². The molecule has 0 spiro atoms. The second-order valence-electron chi connectivity index (χ2n) is 7.33. The Morgan fingerprint density at radius 2 is 2.07 bits per heavy atom. The normalized spacial score (nSPS) is 19.3. The Bertz CT molecular complexity index is 841. The molecule has 0 bridgehead atoms. The number of hydrogen-bond donors (Lipinski definition) is 1. The topological polar surface area (TPSA) is 62.3 Å². The summed E-state index contributed by atoms with van der Waals surface area (Å²) < 4.78 is 13.6. The van der Waals surface area contributed by atoms with Crippen molar-refractivity contribution in [2.75, 3.05) is 13.1 Å². The highest BCUT2D eigenvalue weighted by atomic mass is 19.1. The quantitative estimate of drug-likeness (QED) is 0.863. The maximum Gasteiger partial charge on any atom is 0.224 e. The van der Waals surface area contributed by atoms with Gasteiger partial charge in [0, 0.05) is 38.3 Å². The fourth-order valence-corrected chi connectivity index (χ4v) is 3.76. The van der Waals surface area contributed by atoms with Crippen LogP contribution in [0.15, 0.2) is 42.6 Å². The van der Waals surface area contributed by atoms with Gasteiger partial charge in [-0.05, 0) is 49.1 Å². The molecule has 6 heteroatoms. The van der Waals surface area contributed by atoms with Crippen LogP contribution < -0.4 is 5.32 Å². The van der Waals surface area contributed by atoms with E-state index in [1.54, 1.807) is 30.2 Å². The van der Waals surface area contributed by atoms with Crippen molar-refractivity contribution in [1.82, 2.24) is 15.2 Å². The zero-order valence-electron chi connectivity index (χ0n) is 16.3. The Labute approximate surface area is 165 Å². The Morgan fingerprint density at radius 1 is 1.25 bits per heavy atom. The van der Waals surface area contributed by atoms with E-state index in [2.05, 4.69) is 10.3 Å². The van der Waals surface area contributed by atoms with Crippen LogP contribution in [0.1, 0.15) is 42.6 Å². The van der Waals surface area contributed by atoms with Crippen LogP contribution in [0.25, 0.3) is 0 Å². The molecule has 2 aromatic rings. The summed E-state index contributed by atoms with van der Waals surface area (Å²) in [6.07, 6.45) is 3.79. The number of piperidine rings is 1. The third kappa shape index (κ3) is 4.74. The molecule has 1 aromatic heterocycles. The fourth-order valence-electron chi connectivity index (χ4n) is 3.76. The second-order valence-corrected chi connectivity index (χ2v) is 7.33. The zero-order chi connectivity index (χ0) is 20.1. The van der Waals surface area contributed by atoms with Gasteiger partial charge in [-0.1, -0.05) is 18.2 Å². The Morgan fingerprint density at radius 3 is 2.75 bits per heavy atom. The van der Waals surface area contributed by atoms with E-state index >= 15 is 0 Å². The lowest BCUT2D eigenvalue weighted by Gasteiger charge is -2.39. The number of amides is 2. The van der Waals surface area contributed by atoms with Crippen LogP contribution in [0.2, 0.25) is 0 Å². The number of aromatic nitrogens is 1. The van der Waals surface area contributed by atoms with Gasteiger partial charge in [0.05, 0.1) is 12.0 Å². The summed E-state index contributed by atoms with van der Waals surface area (Å²) in [5.74, 6) is -0.585. The van der Waals surface area contributed by atoms with Crippen molar-refractivity contribution in [2.24, 2.45) is 5.92 Å². The molecule has 1 aromatic carbocycles. The number of hydrogen-bond acceptors (Lipinski definition) is 3. The van der Waals surface area contributed by atoms with E-state index in [1.165, 1.54) is 13.0 Å². The van der Waals surface area contributed by atoms with Gasteiger partial charge in [0.2, 0.25) is 11.8 Å². The molecule has 2 heterocycles. The molecule has 0 unspecified atom stereocenters. The average molecular weight is 383 g/mol. The van der Waals surface area contributed by atoms with E-state index in [1.807, 2.05) is 18.2 Å². The van der Waals surface area contributed by atoms with E-state index in [9.17, 15) is 14.0 Å². The summed E-state index contributed by atoms with van der Waals surface area (Å²) in [4.78, 5) is 30.8. The summed E-state index contributed by atoms with van der Waals surface area (Å²) in [6, 6.07) is 10.6. The van der Waals surface area contributed by atoms with Gasteiger partial charge in [-0.25, -0.2) is 4.39 Å². The predicted molar refractivity (Wildman–Crippen MR) is 105 cm³/mol. The molecule has 2 atom stereocenters.